The Morgan fingerprint density at radius 3 is 3.00 bits per heavy atom. The second-order valence-electron chi connectivity index (χ2n) is 3.22. The number of ether oxygens (including phenoxy) is 1. The lowest BCUT2D eigenvalue weighted by molar-refractivity contribution is 0.0906. The Hall–Kier alpha value is -0.320. The quantitative estimate of drug-likeness (QED) is 0.870. The fourth-order valence-electron chi connectivity index (χ4n) is 1.57. The third-order valence-corrected chi connectivity index (χ3v) is 3.02. The van der Waals surface area contributed by atoms with E-state index in [9.17, 15) is 5.11 Å². The van der Waals surface area contributed by atoms with Gasteiger partial charge in [0.1, 0.15) is 0 Å². The smallest absolute Gasteiger partial charge is 0.174 e. The first kappa shape index (κ1) is 9.24. The lowest BCUT2D eigenvalue weighted by Gasteiger charge is -2.14. The fraction of sp³-hybridized carbons (Fsp3) is 0.556. The molecule has 1 aliphatic rings. The zero-order valence-corrected chi connectivity index (χ0v) is 8.66. The average molecular weight is 247 g/mol. The van der Waals surface area contributed by atoms with Gasteiger partial charge >= 0.3 is 0 Å². The van der Waals surface area contributed by atoms with E-state index in [4.69, 9.17) is 9.15 Å². The summed E-state index contributed by atoms with van der Waals surface area (Å²) in [5.41, 5.74) is 0.815. The van der Waals surface area contributed by atoms with Gasteiger partial charge < -0.3 is 14.3 Å². The van der Waals surface area contributed by atoms with E-state index < -0.39 is 6.10 Å². The molecule has 2 unspecified atom stereocenters. The van der Waals surface area contributed by atoms with E-state index in [0.717, 1.165) is 18.6 Å². The van der Waals surface area contributed by atoms with Crippen molar-refractivity contribution >= 4 is 15.9 Å². The summed E-state index contributed by atoms with van der Waals surface area (Å²) >= 11 is 3.25. The van der Waals surface area contributed by atoms with Gasteiger partial charge in [-0.2, -0.15) is 0 Å². The first-order valence-corrected chi connectivity index (χ1v) is 5.07. The van der Waals surface area contributed by atoms with Gasteiger partial charge in [0, 0.05) is 18.1 Å². The highest BCUT2D eigenvalue weighted by Gasteiger charge is 2.27. The van der Waals surface area contributed by atoms with Crippen molar-refractivity contribution in [2.24, 2.45) is 5.92 Å². The van der Waals surface area contributed by atoms with Crippen molar-refractivity contribution in [2.45, 2.75) is 12.5 Å². The zero-order valence-electron chi connectivity index (χ0n) is 7.07. The van der Waals surface area contributed by atoms with E-state index in [-0.39, 0.29) is 5.92 Å². The molecule has 0 amide bonds. The van der Waals surface area contributed by atoms with Crippen LogP contribution < -0.4 is 0 Å². The number of aliphatic hydroxyl groups excluding tert-OH is 1. The minimum absolute atomic E-state index is 0.203. The summed E-state index contributed by atoms with van der Waals surface area (Å²) in [5.74, 6) is 0.203. The van der Waals surface area contributed by atoms with Crippen LogP contribution in [0.3, 0.4) is 0 Å². The first-order chi connectivity index (χ1) is 6.29. The Balaban J connectivity index is 2.12. The Bertz CT molecular complexity index is 278. The van der Waals surface area contributed by atoms with Crippen molar-refractivity contribution in [3.8, 4) is 0 Å². The highest BCUT2D eigenvalue weighted by atomic mass is 79.9. The summed E-state index contributed by atoms with van der Waals surface area (Å²) in [5, 5.41) is 9.92. The molecule has 0 aliphatic carbocycles. The SMILES string of the molecule is OC(c1ccoc1Br)C1CCOC1. The number of hydrogen-bond donors (Lipinski definition) is 1. The summed E-state index contributed by atoms with van der Waals surface area (Å²) in [7, 11) is 0. The molecule has 1 saturated heterocycles. The summed E-state index contributed by atoms with van der Waals surface area (Å²) < 4.78 is 10.9. The van der Waals surface area contributed by atoms with Crippen molar-refractivity contribution in [2.75, 3.05) is 13.2 Å². The molecule has 0 radical (unpaired) electrons. The number of hydrogen-bond acceptors (Lipinski definition) is 3. The van der Waals surface area contributed by atoms with E-state index in [1.54, 1.807) is 12.3 Å². The minimum Gasteiger partial charge on any atom is -0.457 e. The van der Waals surface area contributed by atoms with Crippen LogP contribution in [0.15, 0.2) is 21.4 Å². The molecule has 1 N–H and O–H groups in total. The van der Waals surface area contributed by atoms with Crippen LogP contribution in [0.2, 0.25) is 0 Å². The van der Waals surface area contributed by atoms with E-state index in [1.165, 1.54) is 0 Å². The third kappa shape index (κ3) is 1.80. The molecule has 0 spiro atoms. The maximum atomic E-state index is 9.92. The Morgan fingerprint density at radius 2 is 2.46 bits per heavy atom. The van der Waals surface area contributed by atoms with Gasteiger partial charge in [-0.05, 0) is 28.4 Å². The Morgan fingerprint density at radius 1 is 1.62 bits per heavy atom. The van der Waals surface area contributed by atoms with E-state index in [1.807, 2.05) is 0 Å². The van der Waals surface area contributed by atoms with Crippen LogP contribution in [0, 0.1) is 5.92 Å². The molecular weight excluding hydrogens is 236 g/mol. The largest absolute Gasteiger partial charge is 0.457 e. The normalized spacial score (nSPS) is 24.9. The van der Waals surface area contributed by atoms with Crippen LogP contribution in [0.25, 0.3) is 0 Å². The van der Waals surface area contributed by atoms with E-state index >= 15 is 0 Å². The summed E-state index contributed by atoms with van der Waals surface area (Å²) in [6.45, 7) is 1.38. The predicted molar refractivity (Wildman–Crippen MR) is 50.3 cm³/mol. The van der Waals surface area contributed by atoms with Crippen LogP contribution in [0.4, 0.5) is 0 Å². The molecule has 0 aromatic carbocycles. The van der Waals surface area contributed by atoms with Crippen LogP contribution in [-0.4, -0.2) is 18.3 Å². The Kier molecular flexibility index (Phi) is 2.71. The minimum atomic E-state index is -0.476. The monoisotopic (exact) mass is 246 g/mol. The molecule has 2 heterocycles. The zero-order chi connectivity index (χ0) is 9.26. The number of furan rings is 1. The van der Waals surface area contributed by atoms with Crippen molar-refractivity contribution in [3.63, 3.8) is 0 Å². The van der Waals surface area contributed by atoms with Gasteiger partial charge in [0.25, 0.3) is 0 Å². The molecule has 72 valence electrons. The van der Waals surface area contributed by atoms with Crippen molar-refractivity contribution in [1.82, 2.24) is 0 Å². The molecule has 13 heavy (non-hydrogen) atoms. The van der Waals surface area contributed by atoms with Gasteiger partial charge in [0.05, 0.1) is 19.0 Å². The van der Waals surface area contributed by atoms with Crippen molar-refractivity contribution in [3.05, 3.63) is 22.6 Å². The Labute approximate surface area is 84.8 Å². The highest BCUT2D eigenvalue weighted by Crippen LogP contribution is 2.33. The van der Waals surface area contributed by atoms with Gasteiger partial charge in [-0.15, -0.1) is 0 Å². The predicted octanol–water partition coefficient (Wildman–Crippen LogP) is 2.11. The van der Waals surface area contributed by atoms with Crippen LogP contribution in [-0.2, 0) is 4.74 Å². The number of rotatable bonds is 2. The molecule has 2 rings (SSSR count). The van der Waals surface area contributed by atoms with Crippen molar-refractivity contribution in [1.29, 1.82) is 0 Å². The van der Waals surface area contributed by atoms with E-state index in [2.05, 4.69) is 15.9 Å². The number of aliphatic hydroxyl groups is 1. The summed E-state index contributed by atoms with van der Waals surface area (Å²) in [6, 6.07) is 1.78. The molecule has 1 aliphatic heterocycles. The molecule has 2 atom stereocenters. The molecule has 4 heteroatoms. The maximum Gasteiger partial charge on any atom is 0.174 e. The van der Waals surface area contributed by atoms with Gasteiger partial charge in [0.15, 0.2) is 4.67 Å². The molecule has 3 nitrogen and oxygen atoms in total. The van der Waals surface area contributed by atoms with Gasteiger partial charge in [-0.3, -0.25) is 0 Å². The molecular formula is C9H11BrO3. The average Bonchev–Trinajstić information content (AvgIpc) is 2.72. The topological polar surface area (TPSA) is 42.6 Å². The molecule has 1 aromatic heterocycles. The molecule has 1 aromatic rings. The van der Waals surface area contributed by atoms with E-state index in [0.29, 0.717) is 11.3 Å². The van der Waals surface area contributed by atoms with Crippen molar-refractivity contribution < 1.29 is 14.3 Å². The summed E-state index contributed by atoms with van der Waals surface area (Å²) in [6.07, 6.45) is 2.01. The number of halogens is 1. The van der Waals surface area contributed by atoms with Gasteiger partial charge in [0.2, 0.25) is 0 Å². The standard InChI is InChI=1S/C9H11BrO3/c10-9-7(2-4-13-9)8(11)6-1-3-12-5-6/h2,4,6,8,11H,1,3,5H2. The van der Waals surface area contributed by atoms with Gasteiger partial charge in [-0.25, -0.2) is 0 Å². The summed E-state index contributed by atoms with van der Waals surface area (Å²) in [4.78, 5) is 0. The second kappa shape index (κ2) is 3.82. The molecule has 0 saturated carbocycles. The molecule has 0 bridgehead atoms. The van der Waals surface area contributed by atoms with Crippen LogP contribution in [0.5, 0.6) is 0 Å². The van der Waals surface area contributed by atoms with Gasteiger partial charge in [-0.1, -0.05) is 0 Å². The lowest BCUT2D eigenvalue weighted by Crippen LogP contribution is -2.11. The van der Waals surface area contributed by atoms with Crippen LogP contribution in [0.1, 0.15) is 18.1 Å². The molecule has 1 fully saturated rings. The lowest BCUT2D eigenvalue weighted by atomic mass is 9.97. The highest BCUT2D eigenvalue weighted by molar-refractivity contribution is 9.10. The second-order valence-corrected chi connectivity index (χ2v) is 3.94. The fourth-order valence-corrected chi connectivity index (χ4v) is 2.05. The van der Waals surface area contributed by atoms with Crippen LogP contribution >= 0.6 is 15.9 Å². The first-order valence-electron chi connectivity index (χ1n) is 4.27. The maximum absolute atomic E-state index is 9.92. The third-order valence-electron chi connectivity index (χ3n) is 2.38.